The lowest BCUT2D eigenvalue weighted by Gasteiger charge is -2.52. The van der Waals surface area contributed by atoms with Crippen molar-refractivity contribution in [2.45, 2.75) is 155 Å². The standard InChI is InChI=1S/2C22H28O2/c2*1-20-9-6-18-16-4-3-14-13-15(23)5-11-21(14,2)17(16)7-12-22(18,20)19(24)8-10-20/h2*6,13,19,24H,3-5,7-12H2,1-2H3/t19-,20+,21?,22?;19-,20-,21?,22?/m10/s1. The Morgan fingerprint density at radius 1 is 0.542 bits per heavy atom. The summed E-state index contributed by atoms with van der Waals surface area (Å²) in [4.78, 5) is 23.8. The summed E-state index contributed by atoms with van der Waals surface area (Å²) >= 11 is 0. The molecule has 2 spiro atoms. The fourth-order valence-electron chi connectivity index (χ4n) is 14.1. The molecule has 10 aliphatic carbocycles. The molecule has 0 saturated heterocycles. The predicted octanol–water partition coefficient (Wildman–Crippen LogP) is 9.29. The maximum absolute atomic E-state index is 11.9. The summed E-state index contributed by atoms with van der Waals surface area (Å²) in [6.07, 6.45) is 27.0. The first-order chi connectivity index (χ1) is 22.8. The van der Waals surface area contributed by atoms with Crippen LogP contribution in [0.4, 0.5) is 0 Å². The number of ketones is 2. The Balaban J connectivity index is 0.000000131. The van der Waals surface area contributed by atoms with Gasteiger partial charge < -0.3 is 10.2 Å². The van der Waals surface area contributed by atoms with E-state index >= 15 is 0 Å². The van der Waals surface area contributed by atoms with Crippen LogP contribution in [0.15, 0.2) is 68.9 Å². The average Bonchev–Trinajstić information content (AvgIpc) is 3.71. The van der Waals surface area contributed by atoms with E-state index in [-0.39, 0.29) is 44.7 Å². The van der Waals surface area contributed by atoms with Crippen molar-refractivity contribution in [2.24, 2.45) is 32.5 Å². The third-order valence-electron chi connectivity index (χ3n) is 17.1. The predicted molar refractivity (Wildman–Crippen MR) is 189 cm³/mol. The largest absolute Gasteiger partial charge is 0.392 e. The monoisotopic (exact) mass is 648 g/mol. The van der Waals surface area contributed by atoms with E-state index < -0.39 is 0 Å². The number of hydrogen-bond acceptors (Lipinski definition) is 4. The highest BCUT2D eigenvalue weighted by Crippen LogP contribution is 2.72. The zero-order valence-electron chi connectivity index (χ0n) is 29.9. The molecular weight excluding hydrogens is 592 g/mol. The Labute approximate surface area is 287 Å². The van der Waals surface area contributed by atoms with E-state index in [9.17, 15) is 19.8 Å². The van der Waals surface area contributed by atoms with E-state index in [1.54, 1.807) is 22.3 Å². The smallest absolute Gasteiger partial charge is 0.155 e. The zero-order chi connectivity index (χ0) is 33.5. The van der Waals surface area contributed by atoms with E-state index in [2.05, 4.69) is 39.8 Å². The molecule has 8 atom stereocenters. The number of hydrogen-bond donors (Lipinski definition) is 2. The van der Waals surface area contributed by atoms with Gasteiger partial charge in [0.05, 0.1) is 12.2 Å². The number of carbonyl (C=O) groups excluding carboxylic acids is 2. The fourth-order valence-corrected chi connectivity index (χ4v) is 14.1. The normalized spacial score (nSPS) is 46.8. The van der Waals surface area contributed by atoms with Crippen molar-refractivity contribution in [3.63, 3.8) is 0 Å². The molecule has 2 fully saturated rings. The van der Waals surface area contributed by atoms with Crippen molar-refractivity contribution < 1.29 is 19.8 Å². The van der Waals surface area contributed by atoms with Gasteiger partial charge in [-0.2, -0.15) is 0 Å². The molecule has 0 heterocycles. The highest BCUT2D eigenvalue weighted by atomic mass is 16.3. The lowest BCUT2D eigenvalue weighted by Crippen LogP contribution is -2.45. The molecule has 0 aliphatic heterocycles. The molecule has 48 heavy (non-hydrogen) atoms. The molecule has 0 radical (unpaired) electrons. The molecule has 4 unspecified atom stereocenters. The number of aliphatic hydroxyl groups excluding tert-OH is 2. The van der Waals surface area contributed by atoms with Gasteiger partial charge in [-0.25, -0.2) is 0 Å². The van der Waals surface area contributed by atoms with Crippen molar-refractivity contribution >= 4 is 11.6 Å². The van der Waals surface area contributed by atoms with Gasteiger partial charge in [-0.15, -0.1) is 0 Å². The van der Waals surface area contributed by atoms with E-state index in [1.165, 1.54) is 22.3 Å². The molecule has 4 nitrogen and oxygen atoms in total. The molecular formula is C44H56O4. The minimum absolute atomic E-state index is 0.0217. The first-order valence-corrected chi connectivity index (χ1v) is 19.5. The Hall–Kier alpha value is -2.30. The molecule has 0 aromatic carbocycles. The average molecular weight is 649 g/mol. The van der Waals surface area contributed by atoms with Crippen LogP contribution < -0.4 is 0 Å². The summed E-state index contributed by atoms with van der Waals surface area (Å²) in [5.41, 5.74) is 12.9. The van der Waals surface area contributed by atoms with Gasteiger partial charge in [0.25, 0.3) is 0 Å². The molecule has 4 heteroatoms. The molecule has 10 rings (SSSR count). The van der Waals surface area contributed by atoms with Crippen molar-refractivity contribution in [3.05, 3.63) is 68.9 Å². The molecule has 0 bridgehead atoms. The molecule has 0 amide bonds. The number of rotatable bonds is 0. The van der Waals surface area contributed by atoms with Gasteiger partial charge in [-0.05, 0) is 148 Å². The van der Waals surface area contributed by atoms with Crippen LogP contribution in [0.25, 0.3) is 0 Å². The molecule has 0 aromatic heterocycles. The van der Waals surface area contributed by atoms with Crippen molar-refractivity contribution in [1.82, 2.24) is 0 Å². The highest BCUT2D eigenvalue weighted by Gasteiger charge is 2.65. The topological polar surface area (TPSA) is 74.6 Å². The van der Waals surface area contributed by atoms with Crippen LogP contribution in [0, 0.1) is 32.5 Å². The van der Waals surface area contributed by atoms with Crippen LogP contribution in [-0.4, -0.2) is 34.0 Å². The zero-order valence-corrected chi connectivity index (χ0v) is 29.9. The maximum Gasteiger partial charge on any atom is 0.155 e. The van der Waals surface area contributed by atoms with Crippen molar-refractivity contribution in [2.75, 3.05) is 0 Å². The minimum atomic E-state index is -0.164. The van der Waals surface area contributed by atoms with Gasteiger partial charge in [0, 0.05) is 34.5 Å². The first kappa shape index (κ1) is 31.7. The van der Waals surface area contributed by atoms with Gasteiger partial charge in [-0.3, -0.25) is 9.59 Å². The Morgan fingerprint density at radius 2 is 0.958 bits per heavy atom. The van der Waals surface area contributed by atoms with Crippen LogP contribution in [0.1, 0.15) is 143 Å². The second-order valence-electron chi connectivity index (χ2n) is 18.7. The van der Waals surface area contributed by atoms with E-state index in [0.29, 0.717) is 24.4 Å². The summed E-state index contributed by atoms with van der Waals surface area (Å²) < 4.78 is 0. The van der Waals surface area contributed by atoms with E-state index in [4.69, 9.17) is 0 Å². The van der Waals surface area contributed by atoms with E-state index in [0.717, 1.165) is 103 Å². The van der Waals surface area contributed by atoms with Gasteiger partial charge >= 0.3 is 0 Å². The van der Waals surface area contributed by atoms with Crippen molar-refractivity contribution in [3.8, 4) is 0 Å². The summed E-state index contributed by atoms with van der Waals surface area (Å²) in [5, 5.41) is 21.9. The van der Waals surface area contributed by atoms with Gasteiger partial charge in [0.1, 0.15) is 0 Å². The molecule has 10 aliphatic rings. The Kier molecular flexibility index (Phi) is 6.70. The lowest BCUT2D eigenvalue weighted by molar-refractivity contribution is -0.116. The summed E-state index contributed by atoms with van der Waals surface area (Å²) in [6.45, 7) is 9.57. The minimum Gasteiger partial charge on any atom is -0.392 e. The van der Waals surface area contributed by atoms with Crippen LogP contribution >= 0.6 is 0 Å². The SMILES string of the molecule is CC12CCC(=O)C=C1CCC1=C2CCC23C1=CC[C@@]2(C)CC[C@@H]3O.CC12CCC(=O)C=C1CCC1=C2CCC23C1=CC[C@@]2(C)CC[C@H]3O. The number of aliphatic hydroxyl groups is 2. The first-order valence-electron chi connectivity index (χ1n) is 19.5. The quantitative estimate of drug-likeness (QED) is 0.275. The van der Waals surface area contributed by atoms with E-state index in [1.807, 2.05) is 12.2 Å². The summed E-state index contributed by atoms with van der Waals surface area (Å²) in [5.74, 6) is 0.635. The van der Waals surface area contributed by atoms with Crippen LogP contribution in [-0.2, 0) is 9.59 Å². The molecule has 256 valence electrons. The number of carbonyl (C=O) groups is 2. The van der Waals surface area contributed by atoms with Gasteiger partial charge in [0.15, 0.2) is 11.6 Å². The van der Waals surface area contributed by atoms with Crippen LogP contribution in [0.3, 0.4) is 0 Å². The number of allylic oxidation sites excluding steroid dienone is 10. The fraction of sp³-hybridized carbons (Fsp3) is 0.682. The molecule has 0 aromatic rings. The van der Waals surface area contributed by atoms with Gasteiger partial charge in [0.2, 0.25) is 0 Å². The van der Waals surface area contributed by atoms with Crippen LogP contribution in [0.2, 0.25) is 0 Å². The van der Waals surface area contributed by atoms with Crippen LogP contribution in [0.5, 0.6) is 0 Å². The summed E-state index contributed by atoms with van der Waals surface area (Å²) in [6, 6.07) is 0. The third-order valence-corrected chi connectivity index (χ3v) is 17.1. The Morgan fingerprint density at radius 3 is 1.38 bits per heavy atom. The maximum atomic E-state index is 11.9. The highest BCUT2D eigenvalue weighted by molar-refractivity contribution is 5.92. The second kappa shape index (κ2) is 10.2. The third kappa shape index (κ3) is 3.75. The Bertz CT molecular complexity index is 1600. The lowest BCUT2D eigenvalue weighted by atomic mass is 9.52. The summed E-state index contributed by atoms with van der Waals surface area (Å²) in [7, 11) is 0. The second-order valence-corrected chi connectivity index (χ2v) is 18.7. The van der Waals surface area contributed by atoms with Crippen molar-refractivity contribution in [1.29, 1.82) is 0 Å². The number of fused-ring (bicyclic) bond motifs is 6. The molecule has 2 saturated carbocycles. The molecule has 2 N–H and O–H groups in total. The van der Waals surface area contributed by atoms with Gasteiger partial charge in [-0.1, -0.05) is 62.1 Å².